The van der Waals surface area contributed by atoms with Crippen LogP contribution in [0.5, 0.6) is 11.5 Å². The first-order chi connectivity index (χ1) is 13.5. The van der Waals surface area contributed by atoms with Crippen molar-refractivity contribution < 1.29 is 19.1 Å². The molecule has 1 N–H and O–H groups in total. The lowest BCUT2D eigenvalue weighted by atomic mass is 9.82. The van der Waals surface area contributed by atoms with Crippen molar-refractivity contribution in [2.24, 2.45) is 5.41 Å². The van der Waals surface area contributed by atoms with Crippen LogP contribution in [-0.4, -0.2) is 60.1 Å². The van der Waals surface area contributed by atoms with Crippen molar-refractivity contribution in [3.63, 3.8) is 0 Å². The molecule has 2 aliphatic rings. The lowest BCUT2D eigenvalue weighted by molar-refractivity contribution is -0.148. The van der Waals surface area contributed by atoms with Crippen molar-refractivity contribution in [1.82, 2.24) is 15.1 Å². The quantitative estimate of drug-likeness (QED) is 0.782. The van der Waals surface area contributed by atoms with Gasteiger partial charge in [0.05, 0.1) is 0 Å². The van der Waals surface area contributed by atoms with E-state index in [1.54, 1.807) is 4.90 Å². The topological polar surface area (TPSA) is 71.1 Å². The minimum Gasteiger partial charge on any atom is -0.454 e. The molecule has 160 valence electrons. The molecule has 1 saturated heterocycles. The Morgan fingerprint density at radius 1 is 1.00 bits per heavy atom. The fourth-order valence-corrected chi connectivity index (χ4v) is 4.28. The molecule has 2 aliphatic heterocycles. The Labute approximate surface area is 173 Å². The van der Waals surface area contributed by atoms with Crippen molar-refractivity contribution in [1.29, 1.82) is 0 Å². The second kappa shape index (κ2) is 8.22. The summed E-state index contributed by atoms with van der Waals surface area (Å²) >= 11 is 0. The van der Waals surface area contributed by atoms with Crippen LogP contribution >= 0.6 is 0 Å². The molecule has 1 aromatic rings. The van der Waals surface area contributed by atoms with Crippen LogP contribution < -0.4 is 14.8 Å². The number of piperazine rings is 1. The first-order valence-electron chi connectivity index (χ1n) is 10.2. The molecule has 29 heavy (non-hydrogen) atoms. The Morgan fingerprint density at radius 2 is 1.66 bits per heavy atom. The summed E-state index contributed by atoms with van der Waals surface area (Å²) in [5.74, 6) is 0.619. The summed E-state index contributed by atoms with van der Waals surface area (Å²) in [5.41, 5.74) is 0.794. The Morgan fingerprint density at radius 3 is 2.31 bits per heavy atom. The fraction of sp³-hybridized carbons (Fsp3) is 0.636. The predicted molar refractivity (Wildman–Crippen MR) is 111 cm³/mol. The SMILES string of the molecule is CC(C)(C)CC(C)(C)NC(=O)C(=O)N1CCN(Cc2ccc3c(c2)OCO3)CC1. The normalized spacial score (nSPS) is 17.3. The molecule has 0 atom stereocenters. The van der Waals surface area contributed by atoms with Gasteiger partial charge in [-0.15, -0.1) is 0 Å². The number of carbonyl (C=O) groups excluding carboxylic acids is 2. The van der Waals surface area contributed by atoms with E-state index >= 15 is 0 Å². The predicted octanol–water partition coefficient (Wildman–Crippen LogP) is 2.39. The number of rotatable bonds is 4. The number of nitrogens with zero attached hydrogens (tertiary/aromatic N) is 2. The van der Waals surface area contributed by atoms with E-state index in [4.69, 9.17) is 9.47 Å². The zero-order valence-electron chi connectivity index (χ0n) is 18.2. The summed E-state index contributed by atoms with van der Waals surface area (Å²) in [6, 6.07) is 5.97. The van der Waals surface area contributed by atoms with E-state index in [2.05, 4.69) is 31.0 Å². The van der Waals surface area contributed by atoms with Gasteiger partial charge in [-0.1, -0.05) is 26.8 Å². The van der Waals surface area contributed by atoms with E-state index in [0.29, 0.717) is 13.1 Å². The van der Waals surface area contributed by atoms with Crippen molar-refractivity contribution in [3.8, 4) is 11.5 Å². The highest BCUT2D eigenvalue weighted by Crippen LogP contribution is 2.33. The molecule has 1 fully saturated rings. The Balaban J connectivity index is 1.48. The van der Waals surface area contributed by atoms with Crippen LogP contribution in [0.4, 0.5) is 0 Å². The van der Waals surface area contributed by atoms with Gasteiger partial charge < -0.3 is 19.7 Å². The second-order valence-corrected chi connectivity index (χ2v) is 9.83. The van der Waals surface area contributed by atoms with Gasteiger partial charge in [-0.2, -0.15) is 0 Å². The van der Waals surface area contributed by atoms with Gasteiger partial charge in [0.2, 0.25) is 6.79 Å². The largest absolute Gasteiger partial charge is 0.454 e. The van der Waals surface area contributed by atoms with Crippen LogP contribution in [0.3, 0.4) is 0 Å². The number of amides is 2. The molecule has 1 aromatic carbocycles. The standard InChI is InChI=1S/C22H33N3O4/c1-21(2,3)14-22(4,5)23-19(26)20(27)25-10-8-24(9-11-25)13-16-6-7-17-18(12-16)29-15-28-17/h6-7,12H,8-11,13-15H2,1-5H3,(H,23,26). The molecule has 0 aromatic heterocycles. The van der Waals surface area contributed by atoms with Crippen LogP contribution in [0.15, 0.2) is 18.2 Å². The third-order valence-corrected chi connectivity index (χ3v) is 5.12. The van der Waals surface area contributed by atoms with E-state index < -0.39 is 17.4 Å². The summed E-state index contributed by atoms with van der Waals surface area (Å²) in [7, 11) is 0. The smallest absolute Gasteiger partial charge is 0.311 e. The van der Waals surface area contributed by atoms with E-state index in [9.17, 15) is 9.59 Å². The molecule has 0 unspecified atom stereocenters. The number of fused-ring (bicyclic) bond motifs is 1. The number of hydrogen-bond acceptors (Lipinski definition) is 5. The molecule has 3 rings (SSSR count). The maximum absolute atomic E-state index is 12.6. The summed E-state index contributed by atoms with van der Waals surface area (Å²) in [5, 5.41) is 2.92. The van der Waals surface area contributed by atoms with Gasteiger partial charge in [0.25, 0.3) is 0 Å². The first kappa shape index (κ1) is 21.4. The molecule has 7 nitrogen and oxygen atoms in total. The van der Waals surface area contributed by atoms with Crippen molar-refractivity contribution >= 4 is 11.8 Å². The molecule has 7 heteroatoms. The van der Waals surface area contributed by atoms with Gasteiger partial charge in [-0.25, -0.2) is 0 Å². The molecule has 0 spiro atoms. The molecular formula is C22H33N3O4. The monoisotopic (exact) mass is 403 g/mol. The van der Waals surface area contributed by atoms with Gasteiger partial charge in [-0.3, -0.25) is 14.5 Å². The highest BCUT2D eigenvalue weighted by atomic mass is 16.7. The number of hydrogen-bond donors (Lipinski definition) is 1. The Kier molecular flexibility index (Phi) is 6.08. The third kappa shape index (κ3) is 5.85. The van der Waals surface area contributed by atoms with E-state index in [1.165, 1.54) is 0 Å². The lowest BCUT2D eigenvalue weighted by Crippen LogP contribution is -2.55. The average molecular weight is 404 g/mol. The minimum atomic E-state index is -0.511. The average Bonchev–Trinajstić information content (AvgIpc) is 3.07. The molecule has 0 bridgehead atoms. The molecule has 0 aliphatic carbocycles. The van der Waals surface area contributed by atoms with Crippen LogP contribution in [0.1, 0.15) is 46.6 Å². The highest BCUT2D eigenvalue weighted by Gasteiger charge is 2.32. The Bertz CT molecular complexity index is 762. The van der Waals surface area contributed by atoms with Crippen LogP contribution in [0.2, 0.25) is 0 Å². The van der Waals surface area contributed by atoms with Crippen LogP contribution in [0, 0.1) is 5.41 Å². The van der Waals surface area contributed by atoms with Crippen molar-refractivity contribution in [3.05, 3.63) is 23.8 Å². The first-order valence-corrected chi connectivity index (χ1v) is 10.2. The van der Waals surface area contributed by atoms with Gasteiger partial charge in [-0.05, 0) is 43.4 Å². The molecule has 0 saturated carbocycles. The molecule has 2 heterocycles. The van der Waals surface area contributed by atoms with Crippen LogP contribution in [0.25, 0.3) is 0 Å². The van der Waals surface area contributed by atoms with E-state index in [1.807, 2.05) is 32.0 Å². The van der Waals surface area contributed by atoms with Gasteiger partial charge in [0.15, 0.2) is 11.5 Å². The van der Waals surface area contributed by atoms with E-state index in [0.717, 1.165) is 43.1 Å². The van der Waals surface area contributed by atoms with Gasteiger partial charge in [0, 0.05) is 38.3 Å². The summed E-state index contributed by atoms with van der Waals surface area (Å²) in [6.07, 6.45) is 0.794. The second-order valence-electron chi connectivity index (χ2n) is 9.83. The lowest BCUT2D eigenvalue weighted by Gasteiger charge is -2.36. The summed E-state index contributed by atoms with van der Waals surface area (Å²) in [4.78, 5) is 29.0. The highest BCUT2D eigenvalue weighted by molar-refractivity contribution is 6.35. The minimum absolute atomic E-state index is 0.0696. The Hall–Kier alpha value is -2.28. The zero-order valence-corrected chi connectivity index (χ0v) is 18.2. The van der Waals surface area contributed by atoms with Crippen molar-refractivity contribution in [2.45, 2.75) is 53.1 Å². The summed E-state index contributed by atoms with van der Waals surface area (Å²) in [6.45, 7) is 13.9. The van der Waals surface area contributed by atoms with E-state index in [-0.39, 0.29) is 12.2 Å². The number of ether oxygens (including phenoxy) is 2. The maximum atomic E-state index is 12.6. The molecular weight excluding hydrogens is 370 g/mol. The zero-order chi connectivity index (χ0) is 21.2. The van der Waals surface area contributed by atoms with Crippen LogP contribution in [-0.2, 0) is 16.1 Å². The van der Waals surface area contributed by atoms with Crippen molar-refractivity contribution in [2.75, 3.05) is 33.0 Å². The fourth-order valence-electron chi connectivity index (χ4n) is 4.28. The number of carbonyl (C=O) groups is 2. The summed E-state index contributed by atoms with van der Waals surface area (Å²) < 4.78 is 10.8. The van der Waals surface area contributed by atoms with Gasteiger partial charge >= 0.3 is 11.8 Å². The maximum Gasteiger partial charge on any atom is 0.311 e. The molecule has 2 amide bonds. The number of benzene rings is 1. The third-order valence-electron chi connectivity index (χ3n) is 5.12. The van der Waals surface area contributed by atoms with Gasteiger partial charge in [0.1, 0.15) is 0 Å². The molecule has 0 radical (unpaired) electrons. The number of nitrogens with one attached hydrogen (secondary N) is 1.